The van der Waals surface area contributed by atoms with Crippen molar-refractivity contribution in [2.24, 2.45) is 0 Å². The second kappa shape index (κ2) is 14.3. The maximum atomic E-state index is 6.70. The molecule has 9 aromatic rings. The average molecular weight is 771 g/mol. The molecule has 2 aliphatic rings. The monoisotopic (exact) mass is 770 g/mol. The predicted molar refractivity (Wildman–Crippen MR) is 242 cm³/mol. The van der Waals surface area contributed by atoms with Gasteiger partial charge in [-0.1, -0.05) is 152 Å². The zero-order chi connectivity index (χ0) is 40.2. The molecule has 0 amide bonds. The first-order valence-electron chi connectivity index (χ1n) is 20.4. The predicted octanol–water partition coefficient (Wildman–Crippen LogP) is 13.3. The van der Waals surface area contributed by atoms with E-state index in [1.807, 2.05) is 72.9 Å². The fraction of sp³-hybridized carbons (Fsp3) is 0.0545. The Morgan fingerprint density at radius 1 is 0.433 bits per heavy atom. The van der Waals surface area contributed by atoms with Crippen molar-refractivity contribution >= 4 is 10.9 Å². The molecule has 2 aromatic heterocycles. The van der Waals surface area contributed by atoms with Crippen molar-refractivity contribution in [3.63, 3.8) is 0 Å². The van der Waals surface area contributed by atoms with E-state index in [1.165, 1.54) is 22.3 Å². The number of benzene rings is 7. The summed E-state index contributed by atoms with van der Waals surface area (Å²) < 4.78 is 6.70. The molecule has 5 heteroatoms. The normalized spacial score (nSPS) is 16.4. The molecule has 0 fully saturated rings. The summed E-state index contributed by atoms with van der Waals surface area (Å²) in [6, 6.07) is 61.7. The van der Waals surface area contributed by atoms with E-state index < -0.39 is 5.41 Å². The lowest BCUT2D eigenvalue weighted by atomic mass is 9.64. The number of nitrogens with zero attached hydrogens (tertiary/aromatic N) is 4. The number of hydrogen-bond donors (Lipinski definition) is 0. The van der Waals surface area contributed by atoms with Gasteiger partial charge in [0, 0.05) is 45.0 Å². The number of allylic oxidation sites excluding steroid dienone is 3. The number of ether oxygens (including phenoxy) is 1. The fourth-order valence-electron chi connectivity index (χ4n) is 9.31. The van der Waals surface area contributed by atoms with E-state index in [4.69, 9.17) is 24.7 Å². The summed E-state index contributed by atoms with van der Waals surface area (Å²) in [5, 5.41) is 1.12. The van der Waals surface area contributed by atoms with Gasteiger partial charge in [0.25, 0.3) is 0 Å². The third-order valence-electron chi connectivity index (χ3n) is 12.0. The van der Waals surface area contributed by atoms with E-state index >= 15 is 0 Å². The number of pyridine rings is 1. The van der Waals surface area contributed by atoms with Gasteiger partial charge >= 0.3 is 0 Å². The lowest BCUT2D eigenvalue weighted by molar-refractivity contribution is 0.388. The summed E-state index contributed by atoms with van der Waals surface area (Å²) in [6.07, 6.45) is 6.21. The maximum absolute atomic E-state index is 6.70. The summed E-state index contributed by atoms with van der Waals surface area (Å²) in [6.45, 7) is 4.19. The van der Waals surface area contributed by atoms with Gasteiger partial charge < -0.3 is 4.74 Å². The minimum atomic E-state index is -0.652. The van der Waals surface area contributed by atoms with Crippen LogP contribution in [0, 0.1) is 0 Å². The molecule has 0 radical (unpaired) electrons. The molecule has 5 nitrogen and oxygen atoms in total. The van der Waals surface area contributed by atoms with Crippen molar-refractivity contribution in [2.45, 2.75) is 19.3 Å². The molecule has 1 atom stereocenters. The van der Waals surface area contributed by atoms with Gasteiger partial charge in [0.1, 0.15) is 11.5 Å². The van der Waals surface area contributed by atoms with Crippen molar-refractivity contribution in [1.82, 2.24) is 19.9 Å². The number of fused-ring (bicyclic) bond motifs is 8. The fourth-order valence-corrected chi connectivity index (χ4v) is 9.31. The molecule has 1 aliphatic heterocycles. The summed E-state index contributed by atoms with van der Waals surface area (Å²) in [7, 11) is 0. The largest absolute Gasteiger partial charge is 0.457 e. The number of rotatable bonds is 5. The van der Waals surface area contributed by atoms with Crippen molar-refractivity contribution < 1.29 is 4.74 Å². The second-order valence-corrected chi connectivity index (χ2v) is 15.2. The summed E-state index contributed by atoms with van der Waals surface area (Å²) >= 11 is 0. The lowest BCUT2D eigenvalue weighted by Crippen LogP contribution is -2.35. The van der Waals surface area contributed by atoms with Gasteiger partial charge in [-0.3, -0.25) is 4.98 Å². The minimum absolute atomic E-state index is 0.623. The first-order chi connectivity index (χ1) is 29.6. The third-order valence-corrected chi connectivity index (χ3v) is 12.0. The molecule has 1 aliphatic carbocycles. The van der Waals surface area contributed by atoms with Gasteiger partial charge in [-0.2, -0.15) is 0 Å². The Morgan fingerprint density at radius 3 is 1.70 bits per heavy atom. The molecular formula is C55H38N4O. The Labute approximate surface area is 349 Å². The molecule has 0 saturated heterocycles. The Balaban J connectivity index is 1.11. The Kier molecular flexibility index (Phi) is 8.41. The maximum Gasteiger partial charge on any atom is 0.164 e. The van der Waals surface area contributed by atoms with E-state index in [9.17, 15) is 0 Å². The number of aromatic nitrogens is 4. The van der Waals surface area contributed by atoms with Crippen LogP contribution in [-0.2, 0) is 5.41 Å². The Morgan fingerprint density at radius 2 is 1.00 bits per heavy atom. The average Bonchev–Trinajstić information content (AvgIpc) is 3.60. The van der Waals surface area contributed by atoms with Crippen LogP contribution in [0.15, 0.2) is 206 Å². The standard InChI is InChI=1S/C55H38N4O/c1-3-45-49(4-2)60-50-26-12-11-25-46(50)55(45)47-33-39(27-29-43(47)44-30-28-40(34-48(44)55)42-24-14-20-35-23-15-31-56-51(35)42)38-21-13-22-41(32-38)54-58-52(36-16-7-5-8-17-36)57-53(59-54)37-18-9-6-10-19-37/h3-34H,1-2H3/b45-3?,49-4+. The molecule has 284 valence electrons. The van der Waals surface area contributed by atoms with Crippen LogP contribution in [0.25, 0.3) is 78.4 Å². The van der Waals surface area contributed by atoms with Gasteiger partial charge in [-0.05, 0) is 89.2 Å². The molecule has 1 spiro atoms. The SMILES string of the molecule is CC=C1/C(=C\C)Oc2ccccc2C12c1cc(-c3cccc(-c4nc(-c5ccccc5)nc(-c5ccccc5)n4)c3)ccc1-c1ccc(-c3cccc4cccnc34)cc12. The zero-order valence-corrected chi connectivity index (χ0v) is 33.2. The van der Waals surface area contributed by atoms with Gasteiger partial charge in [0.2, 0.25) is 0 Å². The van der Waals surface area contributed by atoms with Crippen molar-refractivity contribution in [3.05, 3.63) is 222 Å². The lowest BCUT2D eigenvalue weighted by Gasteiger charge is -2.41. The highest BCUT2D eigenvalue weighted by Crippen LogP contribution is 2.62. The molecule has 11 rings (SSSR count). The quantitative estimate of drug-likeness (QED) is 0.174. The molecular weight excluding hydrogens is 733 g/mol. The van der Waals surface area contributed by atoms with Crippen LogP contribution in [-0.4, -0.2) is 19.9 Å². The first kappa shape index (κ1) is 35.4. The Bertz CT molecular complexity index is 3140. The summed E-state index contributed by atoms with van der Waals surface area (Å²) in [4.78, 5) is 19.9. The van der Waals surface area contributed by atoms with Crippen molar-refractivity contribution in [3.8, 4) is 73.3 Å². The van der Waals surface area contributed by atoms with Crippen LogP contribution in [0.2, 0.25) is 0 Å². The first-order valence-corrected chi connectivity index (χ1v) is 20.4. The molecule has 3 heterocycles. The third kappa shape index (κ3) is 5.54. The molecule has 1 unspecified atom stereocenters. The second-order valence-electron chi connectivity index (χ2n) is 15.2. The minimum Gasteiger partial charge on any atom is -0.457 e. The van der Waals surface area contributed by atoms with Crippen LogP contribution in [0.5, 0.6) is 5.75 Å². The van der Waals surface area contributed by atoms with E-state index in [1.54, 1.807) is 0 Å². The highest BCUT2D eigenvalue weighted by atomic mass is 16.5. The highest BCUT2D eigenvalue weighted by Gasteiger charge is 2.52. The topological polar surface area (TPSA) is 60.8 Å². The van der Waals surface area contributed by atoms with Crippen LogP contribution in [0.1, 0.15) is 30.5 Å². The van der Waals surface area contributed by atoms with E-state index in [0.29, 0.717) is 17.5 Å². The molecule has 7 aromatic carbocycles. The van der Waals surface area contributed by atoms with Crippen molar-refractivity contribution in [2.75, 3.05) is 0 Å². The van der Waals surface area contributed by atoms with Gasteiger partial charge in [-0.15, -0.1) is 0 Å². The molecule has 60 heavy (non-hydrogen) atoms. The van der Waals surface area contributed by atoms with Gasteiger partial charge in [0.05, 0.1) is 10.9 Å². The van der Waals surface area contributed by atoms with Crippen LogP contribution in [0.4, 0.5) is 0 Å². The smallest absolute Gasteiger partial charge is 0.164 e. The molecule has 0 bridgehead atoms. The Hall–Kier alpha value is -7.76. The van der Waals surface area contributed by atoms with Crippen molar-refractivity contribution in [1.29, 1.82) is 0 Å². The zero-order valence-electron chi connectivity index (χ0n) is 33.2. The van der Waals surface area contributed by atoms with E-state index in [0.717, 1.165) is 72.5 Å². The van der Waals surface area contributed by atoms with Crippen LogP contribution < -0.4 is 4.74 Å². The number of hydrogen-bond acceptors (Lipinski definition) is 5. The van der Waals surface area contributed by atoms with E-state index in [-0.39, 0.29) is 0 Å². The molecule has 0 saturated carbocycles. The van der Waals surface area contributed by atoms with Crippen LogP contribution >= 0.6 is 0 Å². The van der Waals surface area contributed by atoms with Gasteiger partial charge in [-0.25, -0.2) is 15.0 Å². The summed E-state index contributed by atoms with van der Waals surface area (Å²) in [5.41, 5.74) is 14.6. The number of para-hydroxylation sites is 2. The summed E-state index contributed by atoms with van der Waals surface area (Å²) in [5.74, 6) is 3.61. The highest BCUT2D eigenvalue weighted by molar-refractivity contribution is 5.97. The van der Waals surface area contributed by atoms with Crippen LogP contribution in [0.3, 0.4) is 0 Å². The van der Waals surface area contributed by atoms with E-state index in [2.05, 4.69) is 135 Å². The molecule has 0 N–H and O–H groups in total. The van der Waals surface area contributed by atoms with Gasteiger partial charge in [0.15, 0.2) is 17.5 Å².